The normalized spacial score (nSPS) is 15.4. The van der Waals surface area contributed by atoms with Crippen LogP contribution in [0.5, 0.6) is 0 Å². The van der Waals surface area contributed by atoms with Crippen molar-refractivity contribution in [2.24, 2.45) is 5.41 Å². The number of hydrogen-bond donors (Lipinski definition) is 16. The average molecular weight is 701 g/mol. The highest BCUT2D eigenvalue weighted by molar-refractivity contribution is 5.92. The van der Waals surface area contributed by atoms with Gasteiger partial charge in [0.2, 0.25) is 0 Å². The van der Waals surface area contributed by atoms with Crippen LogP contribution in [0.15, 0.2) is 11.1 Å². The van der Waals surface area contributed by atoms with E-state index < -0.39 is 150 Å². The minimum Gasteiger partial charge on any atom is -0.478 e. The quantitative estimate of drug-likeness (QED) is 0.0279. The van der Waals surface area contributed by atoms with Crippen molar-refractivity contribution in [1.82, 2.24) is 0 Å². The van der Waals surface area contributed by atoms with Gasteiger partial charge < -0.3 is 105 Å². The summed E-state index contributed by atoms with van der Waals surface area (Å²) in [6.45, 7) is -22.8. The molecule has 22 nitrogen and oxygen atoms in total. The molecule has 22 heteroatoms. The molecule has 0 rings (SSSR count). The van der Waals surface area contributed by atoms with Gasteiger partial charge in [0.05, 0.1) is 71.1 Å². The van der Waals surface area contributed by atoms with Crippen LogP contribution in [0.3, 0.4) is 0 Å². The van der Waals surface area contributed by atoms with Crippen LogP contribution in [-0.2, 0) is 28.5 Å². The van der Waals surface area contributed by atoms with E-state index in [0.717, 1.165) is 6.92 Å². The van der Waals surface area contributed by atoms with E-state index in [4.69, 9.17) is 23.7 Å². The first-order valence-electron chi connectivity index (χ1n) is 13.6. The summed E-state index contributed by atoms with van der Waals surface area (Å²) < 4.78 is 26.1. The van der Waals surface area contributed by atoms with Crippen molar-refractivity contribution in [3.8, 4) is 0 Å². The van der Waals surface area contributed by atoms with Gasteiger partial charge in [-0.25, -0.2) is 4.79 Å². The molecule has 280 valence electrons. The fourth-order valence-corrected chi connectivity index (χ4v) is 6.34. The molecule has 0 saturated heterocycles. The minimum atomic E-state index is -3.90. The molecule has 0 aromatic carbocycles. The van der Waals surface area contributed by atoms with E-state index in [0.29, 0.717) is 0 Å². The molecule has 0 aliphatic heterocycles. The SMILES string of the molecule is CC(O)C(CO)(OCO)C(C(C(=O)O)=C(C(CO)(CO)OCO)C(CO)(CO)OCO)(C(CO)(CO)OCO)C(CO)(CO)OCO. The highest BCUT2D eigenvalue weighted by atomic mass is 16.7. The molecule has 47 heavy (non-hydrogen) atoms. The first-order valence-corrected chi connectivity index (χ1v) is 13.6. The molecule has 0 amide bonds. The lowest BCUT2D eigenvalue weighted by molar-refractivity contribution is -0.364. The van der Waals surface area contributed by atoms with E-state index in [2.05, 4.69) is 0 Å². The summed E-state index contributed by atoms with van der Waals surface area (Å²) in [6, 6.07) is 0. The maximum Gasteiger partial charge on any atom is 0.332 e. The number of hydrogen-bond acceptors (Lipinski definition) is 21. The molecule has 0 spiro atoms. The van der Waals surface area contributed by atoms with Crippen LogP contribution >= 0.6 is 0 Å². The number of aliphatic carboxylic acids is 1. The van der Waals surface area contributed by atoms with Crippen molar-refractivity contribution >= 4 is 5.97 Å². The van der Waals surface area contributed by atoms with Crippen LogP contribution in [0.2, 0.25) is 0 Å². The number of ether oxygens (including phenoxy) is 5. The van der Waals surface area contributed by atoms with Gasteiger partial charge in [-0.3, -0.25) is 0 Å². The molecule has 0 aliphatic carbocycles. The maximum atomic E-state index is 13.8. The highest BCUT2D eigenvalue weighted by Gasteiger charge is 2.80. The van der Waals surface area contributed by atoms with E-state index in [9.17, 15) is 86.5 Å². The van der Waals surface area contributed by atoms with Crippen molar-refractivity contribution in [2.45, 2.75) is 41.0 Å². The lowest BCUT2D eigenvalue weighted by Gasteiger charge is -2.65. The molecule has 0 fully saturated rings. The predicted molar refractivity (Wildman–Crippen MR) is 147 cm³/mol. The third-order valence-electron chi connectivity index (χ3n) is 8.39. The molecule has 0 bridgehead atoms. The summed E-state index contributed by atoms with van der Waals surface area (Å²) in [7, 11) is 0. The second-order valence-corrected chi connectivity index (χ2v) is 10.1. The van der Waals surface area contributed by atoms with E-state index in [1.807, 2.05) is 0 Å². The zero-order valence-corrected chi connectivity index (χ0v) is 25.6. The summed E-state index contributed by atoms with van der Waals surface area (Å²) in [4.78, 5) is 13.8. The van der Waals surface area contributed by atoms with E-state index in [-0.39, 0.29) is 0 Å². The number of carbonyl (C=O) groups is 1. The van der Waals surface area contributed by atoms with E-state index in [1.165, 1.54) is 0 Å². The maximum absolute atomic E-state index is 13.8. The van der Waals surface area contributed by atoms with Gasteiger partial charge in [0.25, 0.3) is 0 Å². The molecule has 0 aromatic heterocycles. The Morgan fingerprint density at radius 2 is 0.830 bits per heavy atom. The van der Waals surface area contributed by atoms with Crippen LogP contribution in [0, 0.1) is 5.41 Å². The smallest absolute Gasteiger partial charge is 0.332 e. The Morgan fingerprint density at radius 1 is 0.511 bits per heavy atom. The third kappa shape index (κ3) is 7.33. The Labute approximate surface area is 267 Å². The molecule has 16 N–H and O–H groups in total. The number of aliphatic hydroxyl groups excluding tert-OH is 15. The number of carboxylic acids is 1. The third-order valence-corrected chi connectivity index (χ3v) is 8.39. The second-order valence-electron chi connectivity index (χ2n) is 10.1. The molecule has 0 aliphatic rings. The summed E-state index contributed by atoms with van der Waals surface area (Å²) in [6.07, 6.45) is -2.47. The summed E-state index contributed by atoms with van der Waals surface area (Å²) >= 11 is 0. The minimum absolute atomic E-state index is 0.738. The molecule has 0 saturated carbocycles. The van der Waals surface area contributed by atoms with Gasteiger partial charge in [0.1, 0.15) is 67.4 Å². The zero-order valence-electron chi connectivity index (χ0n) is 25.6. The number of carboxylic acid groups (broad SMARTS) is 1. The summed E-state index contributed by atoms with van der Waals surface area (Å²) in [5.41, 5.74) is -23.9. The molecular weight excluding hydrogens is 652 g/mol. The van der Waals surface area contributed by atoms with Crippen LogP contribution in [0.1, 0.15) is 6.92 Å². The van der Waals surface area contributed by atoms with Crippen molar-refractivity contribution < 1.29 is 110 Å². The van der Waals surface area contributed by atoms with Crippen LogP contribution in [-0.4, -0.2) is 215 Å². The van der Waals surface area contributed by atoms with Crippen molar-refractivity contribution in [1.29, 1.82) is 0 Å². The van der Waals surface area contributed by atoms with Crippen molar-refractivity contribution in [3.63, 3.8) is 0 Å². The first kappa shape index (κ1) is 45.4. The van der Waals surface area contributed by atoms with Crippen LogP contribution in [0.25, 0.3) is 0 Å². The molecular formula is C25H48O22. The molecule has 2 atom stereocenters. The largest absolute Gasteiger partial charge is 0.478 e. The topological polar surface area (TPSA) is 387 Å². The molecule has 0 heterocycles. The van der Waals surface area contributed by atoms with Crippen molar-refractivity contribution in [3.05, 3.63) is 11.1 Å². The highest BCUT2D eigenvalue weighted by Crippen LogP contribution is 2.62. The van der Waals surface area contributed by atoms with Gasteiger partial charge in [-0.05, 0) is 6.92 Å². The van der Waals surface area contributed by atoms with E-state index >= 15 is 0 Å². The predicted octanol–water partition coefficient (Wildman–Crippen LogP) is -8.81. The summed E-state index contributed by atoms with van der Waals surface area (Å²) in [5, 5.41) is 169. The Kier molecular flexibility index (Phi) is 18.9. The van der Waals surface area contributed by atoms with E-state index in [1.54, 1.807) is 0 Å². The van der Waals surface area contributed by atoms with Gasteiger partial charge in [0.15, 0.2) is 0 Å². The monoisotopic (exact) mass is 700 g/mol. The van der Waals surface area contributed by atoms with Gasteiger partial charge >= 0.3 is 5.97 Å². The summed E-state index contributed by atoms with van der Waals surface area (Å²) in [5.74, 6) is -2.50. The first-order chi connectivity index (χ1) is 22.2. The fourth-order valence-electron chi connectivity index (χ4n) is 6.34. The van der Waals surface area contributed by atoms with Crippen LogP contribution < -0.4 is 0 Å². The van der Waals surface area contributed by atoms with Gasteiger partial charge in [0, 0.05) is 5.57 Å². The standard InChI is InChI=1S/C25H48O22/c1-16(40)24(10-34,47-15-39)25(22(6-30,7-31)45-13-37,23(8-32,9-33)46-14-38)17(19(41)42)18(20(2-26,3-27)43-11-35)21(4-28,5-29)44-12-36/h16,26-40H,2-15H2,1H3,(H,41,42). The Balaban J connectivity index is 10.4. The Bertz CT molecular complexity index is 895. The van der Waals surface area contributed by atoms with Gasteiger partial charge in [-0.15, -0.1) is 0 Å². The molecule has 0 radical (unpaired) electrons. The van der Waals surface area contributed by atoms with Crippen molar-refractivity contribution in [2.75, 3.05) is 93.4 Å². The lowest BCUT2D eigenvalue weighted by Crippen LogP contribution is -2.83. The Morgan fingerprint density at radius 3 is 1.02 bits per heavy atom. The molecule has 0 aromatic rings. The lowest BCUT2D eigenvalue weighted by atomic mass is 9.46. The average Bonchev–Trinajstić information content (AvgIpc) is 3.07. The number of aliphatic hydroxyl groups is 15. The van der Waals surface area contributed by atoms with Gasteiger partial charge in [-0.2, -0.15) is 0 Å². The molecule has 2 unspecified atom stereocenters. The zero-order chi connectivity index (χ0) is 36.7. The number of rotatable bonds is 27. The van der Waals surface area contributed by atoms with Crippen LogP contribution in [0.4, 0.5) is 0 Å². The second kappa shape index (κ2) is 19.6. The van der Waals surface area contributed by atoms with Gasteiger partial charge in [-0.1, -0.05) is 0 Å². The Hall–Kier alpha value is -1.59. The fraction of sp³-hybridized carbons (Fsp3) is 0.880.